The average Bonchev–Trinajstić information content (AvgIpc) is 2.41. The molecule has 1 atom stereocenters. The van der Waals surface area contributed by atoms with E-state index < -0.39 is 5.82 Å². The van der Waals surface area contributed by atoms with Crippen LogP contribution in [0.2, 0.25) is 5.02 Å². The van der Waals surface area contributed by atoms with Crippen molar-refractivity contribution in [1.82, 2.24) is 0 Å². The minimum absolute atomic E-state index is 0.216. The first-order valence-electron chi connectivity index (χ1n) is 5.94. The van der Waals surface area contributed by atoms with Gasteiger partial charge in [-0.25, -0.2) is 4.39 Å². The zero-order chi connectivity index (χ0) is 13.8. The fourth-order valence-corrected chi connectivity index (χ4v) is 2.14. The predicted molar refractivity (Wildman–Crippen MR) is 75.0 cm³/mol. The molecule has 0 aromatic heterocycles. The number of ether oxygens (including phenoxy) is 1. The van der Waals surface area contributed by atoms with E-state index in [1.807, 2.05) is 24.3 Å². The van der Waals surface area contributed by atoms with Crippen LogP contribution in [-0.4, -0.2) is 7.11 Å². The van der Waals surface area contributed by atoms with Crippen molar-refractivity contribution in [1.29, 1.82) is 0 Å². The van der Waals surface area contributed by atoms with E-state index in [4.69, 9.17) is 22.1 Å². The molecule has 0 aliphatic heterocycles. The van der Waals surface area contributed by atoms with Crippen LogP contribution in [0.1, 0.15) is 17.2 Å². The number of halogens is 2. The van der Waals surface area contributed by atoms with Crippen LogP contribution in [0.25, 0.3) is 0 Å². The molecule has 0 radical (unpaired) electrons. The molecule has 0 aliphatic carbocycles. The molecule has 100 valence electrons. The fourth-order valence-electron chi connectivity index (χ4n) is 1.93. The standard InChI is InChI=1S/C15H15ClFNO/c1-19-15-7-6-11(8-13(15)17)14(18)9-10-4-2-3-5-12(10)16/h2-8,14H,9,18H2,1H3. The third-order valence-corrected chi connectivity index (χ3v) is 3.37. The van der Waals surface area contributed by atoms with E-state index in [0.717, 1.165) is 11.1 Å². The molecular formula is C15H15ClFNO. The normalized spacial score (nSPS) is 12.2. The van der Waals surface area contributed by atoms with Gasteiger partial charge in [-0.1, -0.05) is 35.9 Å². The highest BCUT2D eigenvalue weighted by Gasteiger charge is 2.12. The zero-order valence-corrected chi connectivity index (χ0v) is 11.3. The summed E-state index contributed by atoms with van der Waals surface area (Å²) in [5.74, 6) is -0.191. The van der Waals surface area contributed by atoms with Crippen LogP contribution in [0.5, 0.6) is 5.75 Å². The Morgan fingerprint density at radius 1 is 1.26 bits per heavy atom. The lowest BCUT2D eigenvalue weighted by Gasteiger charge is -2.14. The van der Waals surface area contributed by atoms with E-state index >= 15 is 0 Å². The van der Waals surface area contributed by atoms with Crippen LogP contribution >= 0.6 is 11.6 Å². The van der Waals surface area contributed by atoms with Crippen molar-refractivity contribution in [2.24, 2.45) is 5.73 Å². The molecule has 0 aliphatic rings. The molecule has 2 aromatic rings. The summed E-state index contributed by atoms with van der Waals surface area (Å²) in [5, 5.41) is 0.673. The summed E-state index contributed by atoms with van der Waals surface area (Å²) in [5.41, 5.74) is 7.76. The summed E-state index contributed by atoms with van der Waals surface area (Å²) < 4.78 is 18.5. The SMILES string of the molecule is COc1ccc(C(N)Cc2ccccc2Cl)cc1F. The molecule has 0 saturated carbocycles. The lowest BCUT2D eigenvalue weighted by Crippen LogP contribution is -2.14. The van der Waals surface area contributed by atoms with Gasteiger partial charge in [0.05, 0.1) is 7.11 Å². The molecule has 0 saturated heterocycles. The van der Waals surface area contributed by atoms with Gasteiger partial charge in [0.15, 0.2) is 11.6 Å². The van der Waals surface area contributed by atoms with Gasteiger partial charge in [0.1, 0.15) is 0 Å². The summed E-state index contributed by atoms with van der Waals surface area (Å²) in [7, 11) is 1.43. The van der Waals surface area contributed by atoms with Gasteiger partial charge in [-0.3, -0.25) is 0 Å². The third-order valence-electron chi connectivity index (χ3n) is 3.00. The van der Waals surface area contributed by atoms with Gasteiger partial charge in [-0.15, -0.1) is 0 Å². The zero-order valence-electron chi connectivity index (χ0n) is 10.6. The summed E-state index contributed by atoms with van der Waals surface area (Å²) >= 11 is 6.09. The first kappa shape index (κ1) is 13.8. The number of hydrogen-bond donors (Lipinski definition) is 1. The van der Waals surface area contributed by atoms with Gasteiger partial charge in [0.25, 0.3) is 0 Å². The topological polar surface area (TPSA) is 35.2 Å². The van der Waals surface area contributed by atoms with Crippen LogP contribution in [0.3, 0.4) is 0 Å². The Kier molecular flexibility index (Phi) is 4.40. The van der Waals surface area contributed by atoms with Crippen LogP contribution < -0.4 is 10.5 Å². The highest BCUT2D eigenvalue weighted by atomic mass is 35.5. The van der Waals surface area contributed by atoms with E-state index in [-0.39, 0.29) is 11.8 Å². The highest BCUT2D eigenvalue weighted by molar-refractivity contribution is 6.31. The van der Waals surface area contributed by atoms with Crippen molar-refractivity contribution in [2.45, 2.75) is 12.5 Å². The molecule has 2 aromatic carbocycles. The third kappa shape index (κ3) is 3.25. The smallest absolute Gasteiger partial charge is 0.165 e. The molecule has 19 heavy (non-hydrogen) atoms. The van der Waals surface area contributed by atoms with E-state index in [1.54, 1.807) is 12.1 Å². The van der Waals surface area contributed by atoms with E-state index in [2.05, 4.69) is 0 Å². The second kappa shape index (κ2) is 6.04. The van der Waals surface area contributed by atoms with Gasteiger partial charge in [0, 0.05) is 11.1 Å². The van der Waals surface area contributed by atoms with Gasteiger partial charge in [-0.2, -0.15) is 0 Å². The van der Waals surface area contributed by atoms with E-state index in [1.165, 1.54) is 13.2 Å². The summed E-state index contributed by atoms with van der Waals surface area (Å²) in [6.07, 6.45) is 0.561. The molecular weight excluding hydrogens is 265 g/mol. The minimum Gasteiger partial charge on any atom is -0.494 e. The van der Waals surface area contributed by atoms with Crippen LogP contribution in [0.4, 0.5) is 4.39 Å². The predicted octanol–water partition coefficient (Wildman–Crippen LogP) is 3.73. The largest absolute Gasteiger partial charge is 0.494 e. The summed E-state index contributed by atoms with van der Waals surface area (Å²) in [6, 6.07) is 12.0. The molecule has 2 N–H and O–H groups in total. The van der Waals surface area contributed by atoms with Crippen molar-refractivity contribution >= 4 is 11.6 Å². The summed E-state index contributed by atoms with van der Waals surface area (Å²) in [6.45, 7) is 0. The number of benzene rings is 2. The second-order valence-electron chi connectivity index (χ2n) is 4.30. The van der Waals surface area contributed by atoms with E-state index in [0.29, 0.717) is 11.4 Å². The minimum atomic E-state index is -0.408. The van der Waals surface area contributed by atoms with Crippen molar-refractivity contribution in [3.05, 3.63) is 64.4 Å². The van der Waals surface area contributed by atoms with Crippen LogP contribution in [-0.2, 0) is 6.42 Å². The number of hydrogen-bond acceptors (Lipinski definition) is 2. The Balaban J connectivity index is 2.18. The maximum absolute atomic E-state index is 13.6. The van der Waals surface area contributed by atoms with Crippen molar-refractivity contribution in [3.8, 4) is 5.75 Å². The highest BCUT2D eigenvalue weighted by Crippen LogP contribution is 2.25. The molecule has 0 spiro atoms. The molecule has 0 amide bonds. The Morgan fingerprint density at radius 3 is 2.63 bits per heavy atom. The second-order valence-corrected chi connectivity index (χ2v) is 4.70. The number of methoxy groups -OCH3 is 1. The van der Waals surface area contributed by atoms with Crippen LogP contribution in [0, 0.1) is 5.82 Å². The Hall–Kier alpha value is -1.58. The van der Waals surface area contributed by atoms with Crippen molar-refractivity contribution < 1.29 is 9.13 Å². The maximum Gasteiger partial charge on any atom is 0.165 e. The Morgan fingerprint density at radius 2 is 2.00 bits per heavy atom. The van der Waals surface area contributed by atoms with Gasteiger partial charge in [-0.05, 0) is 35.7 Å². The lowest BCUT2D eigenvalue weighted by molar-refractivity contribution is 0.386. The number of nitrogens with two attached hydrogens (primary N) is 1. The molecule has 2 rings (SSSR count). The lowest BCUT2D eigenvalue weighted by atomic mass is 9.99. The quantitative estimate of drug-likeness (QED) is 0.925. The molecule has 0 bridgehead atoms. The average molecular weight is 280 g/mol. The fraction of sp³-hybridized carbons (Fsp3) is 0.200. The summed E-state index contributed by atoms with van der Waals surface area (Å²) in [4.78, 5) is 0. The van der Waals surface area contributed by atoms with Crippen LogP contribution in [0.15, 0.2) is 42.5 Å². The Labute approximate surface area is 117 Å². The Bertz CT molecular complexity index is 574. The first-order valence-corrected chi connectivity index (χ1v) is 6.32. The van der Waals surface area contributed by atoms with Gasteiger partial charge < -0.3 is 10.5 Å². The van der Waals surface area contributed by atoms with Crippen molar-refractivity contribution in [2.75, 3.05) is 7.11 Å². The number of rotatable bonds is 4. The molecule has 0 heterocycles. The molecule has 0 fully saturated rings. The van der Waals surface area contributed by atoms with Gasteiger partial charge in [0.2, 0.25) is 0 Å². The molecule has 2 nitrogen and oxygen atoms in total. The monoisotopic (exact) mass is 279 g/mol. The maximum atomic E-state index is 13.6. The van der Waals surface area contributed by atoms with E-state index in [9.17, 15) is 4.39 Å². The molecule has 4 heteroatoms. The molecule has 1 unspecified atom stereocenters. The first-order chi connectivity index (χ1) is 9.11. The van der Waals surface area contributed by atoms with Gasteiger partial charge >= 0.3 is 0 Å². The van der Waals surface area contributed by atoms with Crippen molar-refractivity contribution in [3.63, 3.8) is 0 Å².